The van der Waals surface area contributed by atoms with Gasteiger partial charge in [-0.2, -0.15) is 17.2 Å². The van der Waals surface area contributed by atoms with E-state index in [1.54, 1.807) is 12.1 Å². The monoisotopic (exact) mass is 582 g/mol. The van der Waals surface area contributed by atoms with Gasteiger partial charge in [-0.3, -0.25) is 0 Å². The standard InChI is InChI=1S/C31H32F2O5SSi/c32-31(33,29(34)37-21-30-18-22-15-23(19-30)17-24(16-22)20-30)39(35,36)38-27-13-7-8-14-28(27)40(25-9-3-1-4-10-25)26-11-5-2-6-12-26/h1-14,22-24,40H,15-21H2. The second kappa shape index (κ2) is 10.4. The van der Waals surface area contributed by atoms with E-state index in [1.807, 2.05) is 60.7 Å². The molecule has 0 unspecified atom stereocenters. The van der Waals surface area contributed by atoms with Crippen molar-refractivity contribution >= 4 is 40.4 Å². The molecule has 0 amide bonds. The van der Waals surface area contributed by atoms with Gasteiger partial charge in [-0.05, 0) is 67.5 Å². The first-order valence-electron chi connectivity index (χ1n) is 13.8. The number of hydrogen-bond acceptors (Lipinski definition) is 5. The van der Waals surface area contributed by atoms with Crippen molar-refractivity contribution in [3.63, 3.8) is 0 Å². The summed E-state index contributed by atoms with van der Waals surface area (Å²) in [5, 5.41) is -2.41. The second-order valence-electron chi connectivity index (χ2n) is 11.8. The second-order valence-corrected chi connectivity index (χ2v) is 16.2. The zero-order valence-electron chi connectivity index (χ0n) is 22.0. The van der Waals surface area contributed by atoms with E-state index in [0.717, 1.165) is 48.9 Å². The number of benzene rings is 3. The Morgan fingerprint density at radius 3 is 1.80 bits per heavy atom. The number of halogens is 2. The molecule has 4 bridgehead atoms. The van der Waals surface area contributed by atoms with Crippen molar-refractivity contribution in [2.24, 2.45) is 23.2 Å². The molecule has 0 N–H and O–H groups in total. The van der Waals surface area contributed by atoms with Crippen LogP contribution in [0.4, 0.5) is 8.78 Å². The summed E-state index contributed by atoms with van der Waals surface area (Å²) >= 11 is 0. The highest BCUT2D eigenvalue weighted by Gasteiger charge is 2.58. The Morgan fingerprint density at radius 1 is 0.800 bits per heavy atom. The van der Waals surface area contributed by atoms with Gasteiger partial charge in [0.15, 0.2) is 0 Å². The van der Waals surface area contributed by atoms with Gasteiger partial charge in [-0.1, -0.05) is 89.2 Å². The number of para-hydroxylation sites is 1. The maximum absolute atomic E-state index is 15.2. The summed E-state index contributed by atoms with van der Waals surface area (Å²) in [5.74, 6) is -0.651. The molecule has 4 saturated carbocycles. The Kier molecular flexibility index (Phi) is 7.07. The molecule has 0 aromatic heterocycles. The first-order valence-corrected chi connectivity index (χ1v) is 17.0. The van der Waals surface area contributed by atoms with Crippen LogP contribution in [-0.2, 0) is 19.6 Å². The average Bonchev–Trinajstić information content (AvgIpc) is 2.93. The third kappa shape index (κ3) is 5.09. The molecule has 0 radical (unpaired) electrons. The summed E-state index contributed by atoms with van der Waals surface area (Å²) < 4.78 is 66.6. The molecule has 0 aliphatic heterocycles. The molecule has 0 saturated heterocycles. The van der Waals surface area contributed by atoms with E-state index in [1.165, 1.54) is 12.1 Å². The van der Waals surface area contributed by atoms with Crippen molar-refractivity contribution in [2.45, 2.75) is 43.8 Å². The van der Waals surface area contributed by atoms with Crippen LogP contribution in [0.25, 0.3) is 0 Å². The maximum Gasteiger partial charge on any atom is 0.476 e. The van der Waals surface area contributed by atoms with Crippen molar-refractivity contribution in [1.29, 1.82) is 0 Å². The Morgan fingerprint density at radius 2 is 1.27 bits per heavy atom. The van der Waals surface area contributed by atoms with Crippen LogP contribution in [0.15, 0.2) is 84.9 Å². The lowest BCUT2D eigenvalue weighted by Crippen LogP contribution is -2.53. The number of hydrogen-bond donors (Lipinski definition) is 0. The van der Waals surface area contributed by atoms with Crippen LogP contribution in [0.5, 0.6) is 5.75 Å². The molecule has 9 heteroatoms. The predicted molar refractivity (Wildman–Crippen MR) is 151 cm³/mol. The van der Waals surface area contributed by atoms with Gasteiger partial charge in [0, 0.05) is 5.41 Å². The van der Waals surface area contributed by atoms with Crippen molar-refractivity contribution in [3.05, 3.63) is 84.9 Å². The minimum Gasteiger partial charge on any atom is -0.460 e. The van der Waals surface area contributed by atoms with Gasteiger partial charge in [0.2, 0.25) is 0 Å². The number of esters is 1. The average molecular weight is 583 g/mol. The molecule has 3 aromatic carbocycles. The SMILES string of the molecule is O=C(OCC12CC3CC(CC(C3)C1)C2)C(F)(F)S(=O)(=O)Oc1ccccc1[SiH](c1ccccc1)c1ccccc1. The highest BCUT2D eigenvalue weighted by Crippen LogP contribution is 2.60. The molecule has 0 spiro atoms. The van der Waals surface area contributed by atoms with E-state index in [2.05, 4.69) is 0 Å². The van der Waals surface area contributed by atoms with Crippen LogP contribution in [0.2, 0.25) is 0 Å². The maximum atomic E-state index is 15.2. The van der Waals surface area contributed by atoms with Crippen LogP contribution in [0, 0.1) is 23.2 Å². The highest BCUT2D eigenvalue weighted by molar-refractivity contribution is 7.89. The van der Waals surface area contributed by atoms with Crippen molar-refractivity contribution in [2.75, 3.05) is 6.61 Å². The number of ether oxygens (including phenoxy) is 1. The van der Waals surface area contributed by atoms with Gasteiger partial charge < -0.3 is 8.92 Å². The lowest BCUT2D eigenvalue weighted by molar-refractivity contribution is -0.171. The molecule has 0 atom stereocenters. The number of carbonyl (C=O) groups is 1. The fourth-order valence-corrected chi connectivity index (χ4v) is 11.6. The first-order chi connectivity index (χ1) is 19.2. The Balaban J connectivity index is 1.24. The first kappa shape index (κ1) is 27.1. The molecule has 4 aliphatic rings. The predicted octanol–water partition coefficient (Wildman–Crippen LogP) is 4.00. The Labute approximate surface area is 235 Å². The third-order valence-corrected chi connectivity index (χ3v) is 13.3. The van der Waals surface area contributed by atoms with E-state index in [0.29, 0.717) is 22.9 Å². The van der Waals surface area contributed by atoms with Gasteiger partial charge in [0.05, 0.1) is 6.61 Å². The van der Waals surface area contributed by atoms with E-state index in [-0.39, 0.29) is 17.8 Å². The summed E-state index contributed by atoms with van der Waals surface area (Å²) in [4.78, 5) is 12.6. The van der Waals surface area contributed by atoms with Gasteiger partial charge in [0.25, 0.3) is 0 Å². The summed E-state index contributed by atoms with van der Waals surface area (Å²) in [6.45, 7) is -0.173. The van der Waals surface area contributed by atoms with E-state index < -0.39 is 30.1 Å². The van der Waals surface area contributed by atoms with E-state index in [9.17, 15) is 13.2 Å². The summed E-state index contributed by atoms with van der Waals surface area (Å²) in [6.07, 6.45) is 6.00. The molecule has 5 nitrogen and oxygen atoms in total. The Bertz CT molecular complexity index is 1410. The Hall–Kier alpha value is -3.04. The van der Waals surface area contributed by atoms with E-state index in [4.69, 9.17) is 8.92 Å². The zero-order chi connectivity index (χ0) is 28.0. The minimum atomic E-state index is -5.70. The zero-order valence-corrected chi connectivity index (χ0v) is 24.0. The molecule has 210 valence electrons. The van der Waals surface area contributed by atoms with Crippen LogP contribution < -0.4 is 19.7 Å². The molecule has 7 rings (SSSR count). The summed E-state index contributed by atoms with van der Waals surface area (Å²) in [5.41, 5.74) is -0.318. The highest BCUT2D eigenvalue weighted by atomic mass is 32.2. The topological polar surface area (TPSA) is 69.7 Å². The molecule has 4 fully saturated rings. The summed E-state index contributed by atoms with van der Waals surface area (Å²) in [7, 11) is -8.01. The van der Waals surface area contributed by atoms with Crippen LogP contribution in [-0.4, -0.2) is 35.0 Å². The summed E-state index contributed by atoms with van der Waals surface area (Å²) in [6, 6.07) is 25.3. The minimum absolute atomic E-state index is 0.173. The van der Waals surface area contributed by atoms with Crippen molar-refractivity contribution in [3.8, 4) is 5.75 Å². The lowest BCUT2D eigenvalue weighted by atomic mass is 9.50. The van der Waals surface area contributed by atoms with Gasteiger partial charge >= 0.3 is 21.3 Å². The largest absolute Gasteiger partial charge is 0.476 e. The van der Waals surface area contributed by atoms with Gasteiger partial charge in [-0.15, -0.1) is 0 Å². The smallest absolute Gasteiger partial charge is 0.460 e. The number of rotatable bonds is 9. The number of carbonyl (C=O) groups excluding carboxylic acids is 1. The van der Waals surface area contributed by atoms with Gasteiger partial charge in [-0.25, -0.2) is 4.79 Å². The van der Waals surface area contributed by atoms with Crippen LogP contribution in [0.3, 0.4) is 0 Å². The van der Waals surface area contributed by atoms with Crippen molar-refractivity contribution < 1.29 is 30.9 Å². The van der Waals surface area contributed by atoms with Crippen LogP contribution >= 0.6 is 0 Å². The quantitative estimate of drug-likeness (QED) is 0.165. The molecule has 3 aromatic rings. The molecular weight excluding hydrogens is 550 g/mol. The van der Waals surface area contributed by atoms with E-state index >= 15 is 8.78 Å². The molecule has 0 heterocycles. The van der Waals surface area contributed by atoms with Gasteiger partial charge in [0.1, 0.15) is 14.5 Å². The van der Waals surface area contributed by atoms with Crippen LogP contribution in [0.1, 0.15) is 38.5 Å². The van der Waals surface area contributed by atoms with Crippen molar-refractivity contribution in [1.82, 2.24) is 0 Å². The normalized spacial score (nSPS) is 25.6. The molecular formula is C31H32F2O5SSi. The fraction of sp³-hybridized carbons (Fsp3) is 0.387. The lowest BCUT2D eigenvalue weighted by Gasteiger charge is -2.56. The fourth-order valence-electron chi connectivity index (χ4n) is 7.68. The molecule has 40 heavy (non-hydrogen) atoms. The number of alkyl halides is 2. The molecule has 4 aliphatic carbocycles. The third-order valence-electron chi connectivity index (χ3n) is 8.92.